The van der Waals surface area contributed by atoms with E-state index in [9.17, 15) is 9.90 Å². The molecule has 4 nitrogen and oxygen atoms in total. The minimum absolute atomic E-state index is 0. The van der Waals surface area contributed by atoms with Crippen LogP contribution in [0.25, 0.3) is 0 Å². The summed E-state index contributed by atoms with van der Waals surface area (Å²) >= 11 is 0. The number of nitrogens with two attached hydrogens (primary N) is 1. The van der Waals surface area contributed by atoms with Crippen LogP contribution >= 0.6 is 12.4 Å². The van der Waals surface area contributed by atoms with Gasteiger partial charge >= 0.3 is 5.97 Å². The fourth-order valence-corrected chi connectivity index (χ4v) is 1.47. The Balaban J connectivity index is 0.00000256. The van der Waals surface area contributed by atoms with Crippen LogP contribution in [-0.4, -0.2) is 24.3 Å². The van der Waals surface area contributed by atoms with Gasteiger partial charge in [0.05, 0.1) is 24.8 Å². The zero-order valence-corrected chi connectivity index (χ0v) is 10.7. The van der Waals surface area contributed by atoms with Crippen molar-refractivity contribution in [1.29, 1.82) is 0 Å². The molecule has 0 amide bonds. The molecule has 1 aromatic rings. The summed E-state index contributed by atoms with van der Waals surface area (Å²) in [5, 5.41) is 9.63. The first-order chi connectivity index (χ1) is 7.60. The number of aliphatic hydroxyl groups is 1. The van der Waals surface area contributed by atoms with Crippen LogP contribution in [0.1, 0.15) is 35.3 Å². The minimum Gasteiger partial charge on any atom is -0.465 e. The van der Waals surface area contributed by atoms with Gasteiger partial charge in [-0.3, -0.25) is 0 Å². The number of hydrogen-bond donors (Lipinski definition) is 2. The molecule has 1 aromatic carbocycles. The zero-order valence-electron chi connectivity index (χ0n) is 9.92. The van der Waals surface area contributed by atoms with E-state index in [2.05, 4.69) is 4.74 Å². The van der Waals surface area contributed by atoms with Crippen LogP contribution in [0.15, 0.2) is 24.3 Å². The van der Waals surface area contributed by atoms with Crippen LogP contribution in [0, 0.1) is 0 Å². The number of aliphatic hydroxyl groups excluding tert-OH is 1. The smallest absolute Gasteiger partial charge is 0.337 e. The SMILES string of the molecule is CC[C@H](O)[C@H](N)c1cccc(C(=O)OC)c1.Cl. The largest absolute Gasteiger partial charge is 0.465 e. The highest BCUT2D eigenvalue weighted by molar-refractivity contribution is 5.89. The second kappa shape index (κ2) is 7.27. The van der Waals surface area contributed by atoms with Gasteiger partial charge in [0.2, 0.25) is 0 Å². The second-order valence-corrected chi connectivity index (χ2v) is 3.62. The first kappa shape index (κ1) is 15.9. The summed E-state index contributed by atoms with van der Waals surface area (Å²) in [6.45, 7) is 1.86. The Bertz CT molecular complexity index is 371. The van der Waals surface area contributed by atoms with Crippen molar-refractivity contribution in [1.82, 2.24) is 0 Å². The van der Waals surface area contributed by atoms with E-state index in [1.54, 1.807) is 24.3 Å². The molecule has 2 atom stereocenters. The van der Waals surface area contributed by atoms with E-state index in [0.717, 1.165) is 5.56 Å². The number of methoxy groups -OCH3 is 1. The van der Waals surface area contributed by atoms with E-state index < -0.39 is 18.1 Å². The van der Waals surface area contributed by atoms with Crippen LogP contribution in [0.4, 0.5) is 0 Å². The Labute approximate surface area is 107 Å². The van der Waals surface area contributed by atoms with Gasteiger partial charge in [-0.25, -0.2) is 4.79 Å². The van der Waals surface area contributed by atoms with E-state index in [4.69, 9.17) is 5.73 Å². The average Bonchev–Trinajstić information content (AvgIpc) is 2.36. The molecule has 0 aliphatic carbocycles. The third-order valence-electron chi connectivity index (χ3n) is 2.53. The lowest BCUT2D eigenvalue weighted by Crippen LogP contribution is -2.25. The average molecular weight is 260 g/mol. The van der Waals surface area contributed by atoms with Crippen LogP contribution in [-0.2, 0) is 4.74 Å². The lowest BCUT2D eigenvalue weighted by Gasteiger charge is -2.17. The Kier molecular flexibility index (Phi) is 6.80. The molecule has 0 aliphatic rings. The number of rotatable bonds is 4. The molecule has 0 fully saturated rings. The quantitative estimate of drug-likeness (QED) is 0.807. The maximum absolute atomic E-state index is 11.3. The molecule has 0 aromatic heterocycles. The molecule has 3 N–H and O–H groups in total. The van der Waals surface area contributed by atoms with Gasteiger partial charge in [0.15, 0.2) is 0 Å². The molecular weight excluding hydrogens is 242 g/mol. The molecule has 1 rings (SSSR count). The molecular formula is C12H18ClNO3. The molecule has 96 valence electrons. The predicted molar refractivity (Wildman–Crippen MR) is 68.3 cm³/mol. The molecule has 0 saturated carbocycles. The van der Waals surface area contributed by atoms with E-state index >= 15 is 0 Å². The molecule has 17 heavy (non-hydrogen) atoms. The van der Waals surface area contributed by atoms with Gasteiger partial charge in [-0.2, -0.15) is 0 Å². The highest BCUT2D eigenvalue weighted by Crippen LogP contribution is 2.18. The summed E-state index contributed by atoms with van der Waals surface area (Å²) in [4.78, 5) is 11.3. The molecule has 0 bridgehead atoms. The van der Waals surface area contributed by atoms with Gasteiger partial charge in [-0.1, -0.05) is 19.1 Å². The molecule has 0 aliphatic heterocycles. The van der Waals surface area contributed by atoms with Crippen LogP contribution in [0.3, 0.4) is 0 Å². The minimum atomic E-state index is -0.604. The molecule has 0 radical (unpaired) electrons. The number of carbonyl (C=O) groups excluding carboxylic acids is 1. The van der Waals surface area contributed by atoms with Crippen molar-refractivity contribution in [3.8, 4) is 0 Å². The molecule has 0 heterocycles. The molecule has 0 unspecified atom stereocenters. The number of hydrogen-bond acceptors (Lipinski definition) is 4. The maximum atomic E-state index is 11.3. The number of ether oxygens (including phenoxy) is 1. The lowest BCUT2D eigenvalue weighted by molar-refractivity contribution is 0.0600. The zero-order chi connectivity index (χ0) is 12.1. The number of esters is 1. The highest BCUT2D eigenvalue weighted by Gasteiger charge is 2.16. The normalized spacial score (nSPS) is 13.4. The van der Waals surface area contributed by atoms with Crippen molar-refractivity contribution in [3.63, 3.8) is 0 Å². The van der Waals surface area contributed by atoms with Crippen molar-refractivity contribution in [2.45, 2.75) is 25.5 Å². The number of carbonyl (C=O) groups is 1. The topological polar surface area (TPSA) is 72.5 Å². The summed E-state index contributed by atoms with van der Waals surface area (Å²) in [7, 11) is 1.33. The maximum Gasteiger partial charge on any atom is 0.337 e. The van der Waals surface area contributed by atoms with E-state index in [0.29, 0.717) is 12.0 Å². The van der Waals surface area contributed by atoms with Gasteiger partial charge in [-0.15, -0.1) is 12.4 Å². The van der Waals surface area contributed by atoms with Crippen LogP contribution < -0.4 is 5.73 Å². The van der Waals surface area contributed by atoms with Gasteiger partial charge in [0.1, 0.15) is 0 Å². The van der Waals surface area contributed by atoms with E-state index in [1.807, 2.05) is 6.92 Å². The fourth-order valence-electron chi connectivity index (χ4n) is 1.47. The Hall–Kier alpha value is -1.10. The van der Waals surface area contributed by atoms with Crippen molar-refractivity contribution in [2.75, 3.05) is 7.11 Å². The predicted octanol–water partition coefficient (Wildman–Crippen LogP) is 1.67. The van der Waals surface area contributed by atoms with Crippen LogP contribution in [0.2, 0.25) is 0 Å². The number of halogens is 1. The van der Waals surface area contributed by atoms with Crippen molar-refractivity contribution in [3.05, 3.63) is 35.4 Å². The second-order valence-electron chi connectivity index (χ2n) is 3.62. The molecule has 0 spiro atoms. The summed E-state index contributed by atoms with van der Waals surface area (Å²) in [6, 6.07) is 6.34. The standard InChI is InChI=1S/C12H17NO3.ClH/c1-3-10(14)11(13)8-5-4-6-9(7-8)12(15)16-2;/h4-7,10-11,14H,3,13H2,1-2H3;1H/t10-,11+;/m0./s1. The summed E-state index contributed by atoms with van der Waals surface area (Å²) in [6.07, 6.45) is -0.0308. The number of benzene rings is 1. The van der Waals surface area contributed by atoms with Crippen molar-refractivity contribution in [2.24, 2.45) is 5.73 Å². The molecule has 0 saturated heterocycles. The Morgan fingerprint density at radius 3 is 2.71 bits per heavy atom. The Morgan fingerprint density at radius 1 is 1.53 bits per heavy atom. The van der Waals surface area contributed by atoms with Gasteiger partial charge in [-0.05, 0) is 24.1 Å². The lowest BCUT2D eigenvalue weighted by atomic mass is 9.99. The first-order valence-electron chi connectivity index (χ1n) is 5.22. The summed E-state index contributed by atoms with van der Waals surface area (Å²) in [5.74, 6) is -0.403. The summed E-state index contributed by atoms with van der Waals surface area (Å²) < 4.78 is 4.62. The van der Waals surface area contributed by atoms with E-state index in [1.165, 1.54) is 7.11 Å². The third kappa shape index (κ3) is 4.00. The van der Waals surface area contributed by atoms with Crippen molar-refractivity contribution < 1.29 is 14.6 Å². The van der Waals surface area contributed by atoms with Crippen LogP contribution in [0.5, 0.6) is 0 Å². The fraction of sp³-hybridized carbons (Fsp3) is 0.417. The van der Waals surface area contributed by atoms with Crippen molar-refractivity contribution >= 4 is 18.4 Å². The first-order valence-corrected chi connectivity index (χ1v) is 5.22. The summed E-state index contributed by atoms with van der Waals surface area (Å²) in [5.41, 5.74) is 7.03. The third-order valence-corrected chi connectivity index (χ3v) is 2.53. The van der Waals surface area contributed by atoms with Gasteiger partial charge in [0, 0.05) is 0 Å². The van der Waals surface area contributed by atoms with E-state index in [-0.39, 0.29) is 12.4 Å². The van der Waals surface area contributed by atoms with Gasteiger partial charge in [0.25, 0.3) is 0 Å². The molecule has 5 heteroatoms. The van der Waals surface area contributed by atoms with Gasteiger partial charge < -0.3 is 15.6 Å². The monoisotopic (exact) mass is 259 g/mol. The Morgan fingerprint density at radius 2 is 2.18 bits per heavy atom. The highest BCUT2D eigenvalue weighted by atomic mass is 35.5.